The van der Waals surface area contributed by atoms with E-state index >= 15 is 0 Å². The molecular weight excluding hydrogens is 372 g/mol. The molecule has 0 aliphatic carbocycles. The molecule has 0 spiro atoms. The molecule has 140 valence electrons. The van der Waals surface area contributed by atoms with Gasteiger partial charge in [0.05, 0.1) is 24.2 Å². The van der Waals surface area contributed by atoms with Gasteiger partial charge in [0.2, 0.25) is 0 Å². The van der Waals surface area contributed by atoms with E-state index in [0.717, 1.165) is 19.3 Å². The van der Waals surface area contributed by atoms with Crippen LogP contribution in [0.2, 0.25) is 0 Å². The fourth-order valence-corrected chi connectivity index (χ4v) is 4.47. The second-order valence-corrected chi connectivity index (χ2v) is 9.18. The second kappa shape index (κ2) is 8.30. The molecule has 2 aromatic rings. The Balaban J connectivity index is 1.71. The summed E-state index contributed by atoms with van der Waals surface area (Å²) in [5.41, 5.74) is 0.347. The number of carbonyl (C=O) groups excluding carboxylic acids is 1. The number of thiophene rings is 1. The van der Waals surface area contributed by atoms with Crippen LogP contribution in [0.1, 0.15) is 21.3 Å². The lowest BCUT2D eigenvalue weighted by Gasteiger charge is -2.34. The van der Waals surface area contributed by atoms with Gasteiger partial charge in [0.15, 0.2) is 9.84 Å². The molecule has 1 amide bonds. The third-order valence-electron chi connectivity index (χ3n) is 4.34. The van der Waals surface area contributed by atoms with Crippen molar-refractivity contribution in [2.24, 2.45) is 0 Å². The van der Waals surface area contributed by atoms with Crippen LogP contribution in [0.4, 0.5) is 0 Å². The van der Waals surface area contributed by atoms with Crippen molar-refractivity contribution in [1.29, 1.82) is 0 Å². The van der Waals surface area contributed by atoms with Crippen molar-refractivity contribution in [1.82, 2.24) is 10.2 Å². The van der Waals surface area contributed by atoms with Gasteiger partial charge >= 0.3 is 0 Å². The maximum absolute atomic E-state index is 12.5. The van der Waals surface area contributed by atoms with Crippen LogP contribution in [-0.2, 0) is 14.6 Å². The number of nitrogens with zero attached hydrogens (tertiary/aromatic N) is 1. The van der Waals surface area contributed by atoms with Crippen LogP contribution in [0.5, 0.6) is 0 Å². The Bertz CT molecular complexity index is 844. The van der Waals surface area contributed by atoms with Gasteiger partial charge in [-0.05, 0) is 29.6 Å². The number of morpholine rings is 1. The monoisotopic (exact) mass is 394 g/mol. The predicted octanol–water partition coefficient (Wildman–Crippen LogP) is 1.95. The minimum atomic E-state index is -3.34. The Hall–Kier alpha value is -1.74. The highest BCUT2D eigenvalue weighted by Crippen LogP contribution is 2.25. The molecule has 1 aliphatic rings. The molecular formula is C18H22N2O4S2. The van der Waals surface area contributed by atoms with E-state index in [0.29, 0.717) is 25.3 Å². The number of rotatable bonds is 6. The van der Waals surface area contributed by atoms with E-state index in [1.54, 1.807) is 23.5 Å². The van der Waals surface area contributed by atoms with Gasteiger partial charge in [-0.3, -0.25) is 9.69 Å². The second-order valence-electron chi connectivity index (χ2n) is 6.19. The van der Waals surface area contributed by atoms with Crippen LogP contribution in [0, 0.1) is 0 Å². The zero-order valence-electron chi connectivity index (χ0n) is 14.6. The predicted molar refractivity (Wildman–Crippen MR) is 101 cm³/mol. The van der Waals surface area contributed by atoms with E-state index in [-0.39, 0.29) is 16.8 Å². The maximum Gasteiger partial charge on any atom is 0.251 e. The molecule has 26 heavy (non-hydrogen) atoms. The summed E-state index contributed by atoms with van der Waals surface area (Å²) < 4.78 is 28.8. The molecule has 1 saturated heterocycles. The Morgan fingerprint density at radius 1 is 1.27 bits per heavy atom. The summed E-state index contributed by atoms with van der Waals surface area (Å²) in [4.78, 5) is 16.2. The van der Waals surface area contributed by atoms with Gasteiger partial charge in [-0.15, -0.1) is 11.3 Å². The Morgan fingerprint density at radius 2 is 2.04 bits per heavy atom. The quantitative estimate of drug-likeness (QED) is 0.811. The third kappa shape index (κ3) is 4.70. The minimum absolute atomic E-state index is 0.0842. The standard InChI is InChI=1S/C18H22N2O4S2/c1-26(22,23)15-5-2-4-14(12-15)18(21)19-13-16(17-6-3-11-25-17)20-7-9-24-10-8-20/h2-6,11-12,16H,7-10,13H2,1H3,(H,19,21)/t16-/m1/s1. The van der Waals surface area contributed by atoms with Crippen molar-refractivity contribution in [3.05, 3.63) is 52.2 Å². The van der Waals surface area contributed by atoms with E-state index in [1.807, 2.05) is 11.4 Å². The lowest BCUT2D eigenvalue weighted by atomic mass is 10.1. The lowest BCUT2D eigenvalue weighted by Crippen LogP contribution is -2.43. The smallest absolute Gasteiger partial charge is 0.251 e. The molecule has 2 heterocycles. The van der Waals surface area contributed by atoms with Crippen LogP contribution >= 0.6 is 11.3 Å². The minimum Gasteiger partial charge on any atom is -0.379 e. The average molecular weight is 395 g/mol. The highest BCUT2D eigenvalue weighted by molar-refractivity contribution is 7.90. The van der Waals surface area contributed by atoms with Crippen molar-refractivity contribution < 1.29 is 17.9 Å². The molecule has 1 aliphatic heterocycles. The first kappa shape index (κ1) is 19.0. The molecule has 0 unspecified atom stereocenters. The molecule has 1 aromatic carbocycles. The van der Waals surface area contributed by atoms with Crippen LogP contribution in [-0.4, -0.2) is 58.3 Å². The van der Waals surface area contributed by atoms with Crippen LogP contribution in [0.25, 0.3) is 0 Å². The third-order valence-corrected chi connectivity index (χ3v) is 6.42. The molecule has 0 radical (unpaired) electrons. The summed E-state index contributed by atoms with van der Waals surface area (Å²) in [5.74, 6) is -0.273. The van der Waals surface area contributed by atoms with Crippen molar-refractivity contribution in [3.8, 4) is 0 Å². The summed E-state index contributed by atoms with van der Waals surface area (Å²) in [6.45, 7) is 3.48. The SMILES string of the molecule is CS(=O)(=O)c1cccc(C(=O)NC[C@H](c2cccs2)N2CCOCC2)c1. The van der Waals surface area contributed by atoms with Crippen LogP contribution in [0.15, 0.2) is 46.7 Å². The number of carbonyl (C=O) groups is 1. The van der Waals surface area contributed by atoms with Crippen LogP contribution in [0.3, 0.4) is 0 Å². The van der Waals surface area contributed by atoms with Crippen molar-refractivity contribution >= 4 is 27.1 Å². The zero-order valence-corrected chi connectivity index (χ0v) is 16.2. The summed E-state index contributed by atoms with van der Waals surface area (Å²) >= 11 is 1.66. The molecule has 1 aromatic heterocycles. The largest absolute Gasteiger partial charge is 0.379 e. The summed E-state index contributed by atoms with van der Waals surface area (Å²) in [6, 6.07) is 10.3. The first-order valence-electron chi connectivity index (χ1n) is 8.38. The van der Waals surface area contributed by atoms with E-state index < -0.39 is 9.84 Å². The molecule has 0 saturated carbocycles. The molecule has 3 rings (SSSR count). The summed E-state index contributed by atoms with van der Waals surface area (Å²) in [5, 5.41) is 4.98. The Labute approximate surface area is 157 Å². The first-order chi connectivity index (χ1) is 12.4. The van der Waals surface area contributed by atoms with Gasteiger partial charge in [0.1, 0.15) is 0 Å². The number of benzene rings is 1. The Morgan fingerprint density at radius 3 is 2.69 bits per heavy atom. The molecule has 1 atom stereocenters. The number of hydrogen-bond acceptors (Lipinski definition) is 6. The lowest BCUT2D eigenvalue weighted by molar-refractivity contribution is 0.0169. The van der Waals surface area contributed by atoms with Gasteiger partial charge in [0, 0.05) is 36.3 Å². The van der Waals surface area contributed by atoms with Crippen molar-refractivity contribution in [2.75, 3.05) is 39.1 Å². The van der Waals surface area contributed by atoms with Gasteiger partial charge < -0.3 is 10.1 Å². The van der Waals surface area contributed by atoms with Crippen molar-refractivity contribution in [2.45, 2.75) is 10.9 Å². The van der Waals surface area contributed by atoms with Gasteiger partial charge in [0.25, 0.3) is 5.91 Å². The molecule has 1 fully saturated rings. The molecule has 8 heteroatoms. The molecule has 1 N–H and O–H groups in total. The van der Waals surface area contributed by atoms with E-state index in [4.69, 9.17) is 4.74 Å². The van der Waals surface area contributed by atoms with E-state index in [1.165, 1.54) is 17.0 Å². The summed E-state index contributed by atoms with van der Waals surface area (Å²) in [6.07, 6.45) is 1.13. The maximum atomic E-state index is 12.5. The molecule has 0 bridgehead atoms. The number of ether oxygens (including phenoxy) is 1. The fourth-order valence-electron chi connectivity index (χ4n) is 2.94. The van der Waals surface area contributed by atoms with Crippen molar-refractivity contribution in [3.63, 3.8) is 0 Å². The zero-order chi connectivity index (χ0) is 18.6. The van der Waals surface area contributed by atoms with Gasteiger partial charge in [-0.2, -0.15) is 0 Å². The number of hydrogen-bond donors (Lipinski definition) is 1. The first-order valence-corrected chi connectivity index (χ1v) is 11.2. The highest BCUT2D eigenvalue weighted by atomic mass is 32.2. The number of amides is 1. The topological polar surface area (TPSA) is 75.7 Å². The highest BCUT2D eigenvalue weighted by Gasteiger charge is 2.24. The number of sulfone groups is 1. The van der Waals surface area contributed by atoms with Crippen LogP contribution < -0.4 is 5.32 Å². The average Bonchev–Trinajstić information content (AvgIpc) is 3.16. The number of nitrogens with one attached hydrogen (secondary N) is 1. The Kier molecular flexibility index (Phi) is 6.08. The van der Waals surface area contributed by atoms with E-state index in [2.05, 4.69) is 16.3 Å². The normalized spacial score (nSPS) is 17.0. The summed E-state index contributed by atoms with van der Waals surface area (Å²) in [7, 11) is -3.34. The fraction of sp³-hybridized carbons (Fsp3) is 0.389. The van der Waals surface area contributed by atoms with Gasteiger partial charge in [-0.25, -0.2) is 8.42 Å². The van der Waals surface area contributed by atoms with E-state index in [9.17, 15) is 13.2 Å². The van der Waals surface area contributed by atoms with Gasteiger partial charge in [-0.1, -0.05) is 12.1 Å². The molecule has 6 nitrogen and oxygen atoms in total.